The highest BCUT2D eigenvalue weighted by molar-refractivity contribution is 4.85. The number of hydrogen-bond acceptors (Lipinski definition) is 2. The maximum absolute atomic E-state index is 9.09. The Balaban J connectivity index is 2.54. The maximum Gasteiger partial charge on any atom is 0.0488 e. The molecular formula is C8H17NO. The molecular weight excluding hydrogens is 126 g/mol. The fraction of sp³-hybridized carbons (Fsp3) is 1.00. The molecule has 0 amide bonds. The van der Waals surface area contributed by atoms with Gasteiger partial charge in [-0.25, -0.2) is 0 Å². The average Bonchev–Trinajstić information content (AvgIpc) is 1.96. The molecule has 0 spiro atoms. The predicted octanol–water partition coefficient (Wildman–Crippen LogP) is 0.614. The monoisotopic (exact) mass is 143 g/mol. The second kappa shape index (κ2) is 2.89. The summed E-state index contributed by atoms with van der Waals surface area (Å²) in [5, 5.41) is 12.4. The van der Waals surface area contributed by atoms with Crippen LogP contribution in [0.2, 0.25) is 0 Å². The number of aliphatic hydroxyl groups excluding tert-OH is 1. The zero-order chi connectivity index (χ0) is 7.61. The van der Waals surface area contributed by atoms with Gasteiger partial charge in [-0.1, -0.05) is 13.8 Å². The first kappa shape index (κ1) is 8.02. The summed E-state index contributed by atoms with van der Waals surface area (Å²) in [7, 11) is 0. The van der Waals surface area contributed by atoms with Crippen LogP contribution in [0.5, 0.6) is 0 Å². The highest BCUT2D eigenvalue weighted by atomic mass is 16.3. The lowest BCUT2D eigenvalue weighted by atomic mass is 9.74. The van der Waals surface area contributed by atoms with Gasteiger partial charge in [0.05, 0.1) is 0 Å². The second-order valence-electron chi connectivity index (χ2n) is 3.67. The molecule has 60 valence electrons. The lowest BCUT2D eigenvalue weighted by Crippen LogP contribution is -2.44. The van der Waals surface area contributed by atoms with Gasteiger partial charge in [0.25, 0.3) is 0 Å². The molecule has 10 heavy (non-hydrogen) atoms. The first-order valence-electron chi connectivity index (χ1n) is 4.00. The molecule has 0 aromatic rings. The summed E-state index contributed by atoms with van der Waals surface area (Å²) in [5.41, 5.74) is 0.172. The Morgan fingerprint density at radius 1 is 1.70 bits per heavy atom. The van der Waals surface area contributed by atoms with E-state index in [0.717, 1.165) is 19.5 Å². The lowest BCUT2D eigenvalue weighted by Gasteiger charge is -2.38. The van der Waals surface area contributed by atoms with Crippen LogP contribution in [0.15, 0.2) is 0 Å². The molecule has 1 aliphatic rings. The van der Waals surface area contributed by atoms with Gasteiger partial charge in [0.15, 0.2) is 0 Å². The van der Waals surface area contributed by atoms with Crippen LogP contribution in [0.3, 0.4) is 0 Å². The van der Waals surface area contributed by atoms with Crippen molar-refractivity contribution in [3.05, 3.63) is 0 Å². The fourth-order valence-corrected chi connectivity index (χ4v) is 1.42. The SMILES string of the molecule is CC1CNCCC1(C)CO. The minimum atomic E-state index is 0.172. The molecule has 0 aliphatic carbocycles. The zero-order valence-electron chi connectivity index (χ0n) is 6.85. The number of piperidine rings is 1. The molecule has 1 heterocycles. The van der Waals surface area contributed by atoms with Crippen molar-refractivity contribution in [2.24, 2.45) is 11.3 Å². The molecule has 0 bridgehead atoms. The van der Waals surface area contributed by atoms with E-state index in [4.69, 9.17) is 5.11 Å². The number of aliphatic hydroxyl groups is 1. The van der Waals surface area contributed by atoms with Crippen LogP contribution in [0.4, 0.5) is 0 Å². The van der Waals surface area contributed by atoms with Crippen LogP contribution in [-0.2, 0) is 0 Å². The summed E-state index contributed by atoms with van der Waals surface area (Å²) >= 11 is 0. The van der Waals surface area contributed by atoms with Gasteiger partial charge in [-0.15, -0.1) is 0 Å². The molecule has 0 radical (unpaired) electrons. The molecule has 1 rings (SSSR count). The minimum absolute atomic E-state index is 0.172. The third kappa shape index (κ3) is 1.32. The largest absolute Gasteiger partial charge is 0.396 e. The molecule has 2 atom stereocenters. The van der Waals surface area contributed by atoms with Crippen LogP contribution in [-0.4, -0.2) is 24.8 Å². The van der Waals surface area contributed by atoms with Crippen molar-refractivity contribution >= 4 is 0 Å². The minimum Gasteiger partial charge on any atom is -0.396 e. The van der Waals surface area contributed by atoms with E-state index >= 15 is 0 Å². The van der Waals surface area contributed by atoms with Gasteiger partial charge in [0, 0.05) is 6.61 Å². The highest BCUT2D eigenvalue weighted by Crippen LogP contribution is 2.31. The van der Waals surface area contributed by atoms with Crippen molar-refractivity contribution in [3.8, 4) is 0 Å². The van der Waals surface area contributed by atoms with Gasteiger partial charge < -0.3 is 10.4 Å². The molecule has 2 unspecified atom stereocenters. The first-order chi connectivity index (χ1) is 4.69. The normalized spacial score (nSPS) is 41.7. The third-order valence-corrected chi connectivity index (χ3v) is 2.87. The van der Waals surface area contributed by atoms with Crippen LogP contribution < -0.4 is 5.32 Å². The second-order valence-corrected chi connectivity index (χ2v) is 3.67. The summed E-state index contributed by atoms with van der Waals surface area (Å²) in [4.78, 5) is 0. The van der Waals surface area contributed by atoms with E-state index in [9.17, 15) is 0 Å². The Morgan fingerprint density at radius 3 is 2.80 bits per heavy atom. The van der Waals surface area contributed by atoms with Gasteiger partial charge >= 0.3 is 0 Å². The van der Waals surface area contributed by atoms with Gasteiger partial charge in [-0.3, -0.25) is 0 Å². The summed E-state index contributed by atoms with van der Waals surface area (Å²) in [6.45, 7) is 6.80. The predicted molar refractivity (Wildman–Crippen MR) is 41.8 cm³/mol. The van der Waals surface area contributed by atoms with E-state index in [1.54, 1.807) is 0 Å². The van der Waals surface area contributed by atoms with E-state index in [1.807, 2.05) is 0 Å². The van der Waals surface area contributed by atoms with Crippen molar-refractivity contribution in [1.29, 1.82) is 0 Å². The Hall–Kier alpha value is -0.0800. The molecule has 0 saturated carbocycles. The summed E-state index contributed by atoms with van der Waals surface area (Å²) in [5.74, 6) is 0.603. The molecule has 2 N–H and O–H groups in total. The Bertz CT molecular complexity index is 116. The van der Waals surface area contributed by atoms with E-state index < -0.39 is 0 Å². The van der Waals surface area contributed by atoms with Crippen molar-refractivity contribution in [1.82, 2.24) is 5.32 Å². The first-order valence-corrected chi connectivity index (χ1v) is 4.00. The van der Waals surface area contributed by atoms with E-state index in [-0.39, 0.29) is 5.41 Å². The van der Waals surface area contributed by atoms with Crippen molar-refractivity contribution < 1.29 is 5.11 Å². The Morgan fingerprint density at radius 2 is 2.40 bits per heavy atom. The van der Waals surface area contributed by atoms with Gasteiger partial charge in [0.1, 0.15) is 0 Å². The van der Waals surface area contributed by atoms with E-state index in [1.165, 1.54) is 0 Å². The average molecular weight is 143 g/mol. The van der Waals surface area contributed by atoms with Gasteiger partial charge in [-0.2, -0.15) is 0 Å². The zero-order valence-corrected chi connectivity index (χ0v) is 6.85. The third-order valence-electron chi connectivity index (χ3n) is 2.87. The molecule has 2 heteroatoms. The smallest absolute Gasteiger partial charge is 0.0488 e. The summed E-state index contributed by atoms with van der Waals surface area (Å²) in [6, 6.07) is 0. The molecule has 1 aliphatic heterocycles. The van der Waals surface area contributed by atoms with Crippen LogP contribution >= 0.6 is 0 Å². The van der Waals surface area contributed by atoms with Crippen molar-refractivity contribution in [3.63, 3.8) is 0 Å². The Labute approximate surface area is 62.6 Å². The standard InChI is InChI=1S/C8H17NO/c1-7-5-9-4-3-8(7,2)6-10/h7,9-10H,3-6H2,1-2H3. The van der Waals surface area contributed by atoms with Gasteiger partial charge in [-0.05, 0) is 30.8 Å². The number of hydrogen-bond donors (Lipinski definition) is 2. The summed E-state index contributed by atoms with van der Waals surface area (Å²) in [6.07, 6.45) is 1.10. The van der Waals surface area contributed by atoms with Crippen molar-refractivity contribution in [2.75, 3.05) is 19.7 Å². The quantitative estimate of drug-likeness (QED) is 0.564. The number of rotatable bonds is 1. The van der Waals surface area contributed by atoms with E-state index in [0.29, 0.717) is 12.5 Å². The van der Waals surface area contributed by atoms with Gasteiger partial charge in [0.2, 0.25) is 0 Å². The molecule has 2 nitrogen and oxygen atoms in total. The van der Waals surface area contributed by atoms with Crippen molar-refractivity contribution in [2.45, 2.75) is 20.3 Å². The maximum atomic E-state index is 9.09. The molecule has 1 fully saturated rings. The number of nitrogens with one attached hydrogen (secondary N) is 1. The molecule has 1 saturated heterocycles. The van der Waals surface area contributed by atoms with Crippen LogP contribution in [0.25, 0.3) is 0 Å². The lowest BCUT2D eigenvalue weighted by molar-refractivity contribution is 0.0586. The fourth-order valence-electron chi connectivity index (χ4n) is 1.42. The van der Waals surface area contributed by atoms with Crippen LogP contribution in [0.1, 0.15) is 20.3 Å². The topological polar surface area (TPSA) is 32.3 Å². The summed E-state index contributed by atoms with van der Waals surface area (Å²) < 4.78 is 0. The Kier molecular flexibility index (Phi) is 2.32. The molecule has 0 aromatic carbocycles. The highest BCUT2D eigenvalue weighted by Gasteiger charge is 2.32. The molecule has 0 aromatic heterocycles. The van der Waals surface area contributed by atoms with E-state index in [2.05, 4.69) is 19.2 Å². The van der Waals surface area contributed by atoms with Crippen LogP contribution in [0, 0.1) is 11.3 Å².